The Morgan fingerprint density at radius 3 is 2.74 bits per heavy atom. The molecule has 0 aromatic heterocycles. The van der Waals surface area contributed by atoms with E-state index in [-0.39, 0.29) is 24.0 Å². The number of para-hydroxylation sites is 1. The zero-order valence-corrected chi connectivity index (χ0v) is 13.8. The van der Waals surface area contributed by atoms with Gasteiger partial charge in [0.25, 0.3) is 0 Å². The van der Waals surface area contributed by atoms with Gasteiger partial charge in [-0.15, -0.1) is 24.0 Å². The molecule has 2 unspecified atom stereocenters. The van der Waals surface area contributed by atoms with Crippen molar-refractivity contribution in [1.82, 2.24) is 0 Å². The summed E-state index contributed by atoms with van der Waals surface area (Å²) >= 11 is 0. The summed E-state index contributed by atoms with van der Waals surface area (Å²) in [6.07, 6.45) is 2.39. The molecular weight excluding hydrogens is 353 g/mol. The molecular formula is C14H22IN3O. The fourth-order valence-corrected chi connectivity index (χ4v) is 2.11. The quantitative estimate of drug-likeness (QED) is 0.483. The minimum absolute atomic E-state index is 0. The maximum atomic E-state index is 5.94. The summed E-state index contributed by atoms with van der Waals surface area (Å²) in [4.78, 5) is 4.50. The predicted molar refractivity (Wildman–Crippen MR) is 90.0 cm³/mol. The van der Waals surface area contributed by atoms with Crippen molar-refractivity contribution in [3.8, 4) is 0 Å². The number of aliphatic imine (C=N–C) groups is 1. The molecule has 19 heavy (non-hydrogen) atoms. The van der Waals surface area contributed by atoms with Gasteiger partial charge in [0.2, 0.25) is 0 Å². The van der Waals surface area contributed by atoms with Crippen LogP contribution in [0, 0.1) is 5.92 Å². The lowest BCUT2D eigenvalue weighted by atomic mass is 9.82. The van der Waals surface area contributed by atoms with Gasteiger partial charge in [-0.25, -0.2) is 4.99 Å². The van der Waals surface area contributed by atoms with Crippen LogP contribution in [-0.4, -0.2) is 19.1 Å². The number of hydrogen-bond donors (Lipinski definition) is 2. The minimum atomic E-state index is 0. The minimum Gasteiger partial charge on any atom is -0.380 e. The number of guanidine groups is 1. The molecule has 1 aliphatic carbocycles. The van der Waals surface area contributed by atoms with Crippen LogP contribution in [0.5, 0.6) is 0 Å². The van der Waals surface area contributed by atoms with E-state index in [1.165, 1.54) is 6.42 Å². The number of anilines is 1. The van der Waals surface area contributed by atoms with Crippen LogP contribution in [0.3, 0.4) is 0 Å². The molecule has 5 heteroatoms. The largest absolute Gasteiger partial charge is 0.380 e. The lowest BCUT2D eigenvalue weighted by Gasteiger charge is -2.30. The number of nitrogens with one attached hydrogen (secondary N) is 1. The number of nitrogens with two attached hydrogens (primary N) is 1. The number of methoxy groups -OCH3 is 1. The molecule has 1 aromatic rings. The van der Waals surface area contributed by atoms with Crippen LogP contribution < -0.4 is 11.1 Å². The van der Waals surface area contributed by atoms with Crippen molar-refractivity contribution in [2.75, 3.05) is 12.4 Å². The van der Waals surface area contributed by atoms with Crippen molar-refractivity contribution in [3.63, 3.8) is 0 Å². The summed E-state index contributed by atoms with van der Waals surface area (Å²) in [7, 11) is 1.68. The molecule has 0 heterocycles. The summed E-state index contributed by atoms with van der Waals surface area (Å²) < 4.78 is 5.16. The van der Waals surface area contributed by atoms with E-state index in [0.717, 1.165) is 17.7 Å². The third-order valence-corrected chi connectivity index (χ3v) is 3.46. The molecule has 2 atom stereocenters. The topological polar surface area (TPSA) is 59.6 Å². The van der Waals surface area contributed by atoms with Crippen molar-refractivity contribution in [3.05, 3.63) is 29.8 Å². The number of benzene rings is 1. The van der Waals surface area contributed by atoms with Gasteiger partial charge in [0, 0.05) is 18.4 Å². The van der Waals surface area contributed by atoms with E-state index in [1.54, 1.807) is 7.11 Å². The van der Waals surface area contributed by atoms with Gasteiger partial charge in [-0.1, -0.05) is 25.1 Å². The van der Waals surface area contributed by atoms with Gasteiger partial charge in [-0.2, -0.15) is 0 Å². The zero-order valence-electron chi connectivity index (χ0n) is 11.4. The molecule has 2 rings (SSSR count). The van der Waals surface area contributed by atoms with Crippen molar-refractivity contribution in [1.29, 1.82) is 0 Å². The second kappa shape index (κ2) is 7.69. The second-order valence-corrected chi connectivity index (χ2v) is 4.85. The highest BCUT2D eigenvalue weighted by molar-refractivity contribution is 14.0. The molecule has 1 aromatic carbocycles. The Labute approximate surface area is 131 Å². The second-order valence-electron chi connectivity index (χ2n) is 4.85. The van der Waals surface area contributed by atoms with Gasteiger partial charge in [0.05, 0.1) is 12.6 Å². The Balaban J connectivity index is 0.00000180. The lowest BCUT2D eigenvalue weighted by Crippen LogP contribution is -2.33. The monoisotopic (exact) mass is 375 g/mol. The average Bonchev–Trinajstić information content (AvgIpc) is 2.37. The van der Waals surface area contributed by atoms with Crippen LogP contribution in [-0.2, 0) is 11.3 Å². The third-order valence-electron chi connectivity index (χ3n) is 3.46. The van der Waals surface area contributed by atoms with Crippen LogP contribution in [0.4, 0.5) is 5.69 Å². The molecule has 3 N–H and O–H groups in total. The van der Waals surface area contributed by atoms with Crippen molar-refractivity contribution < 1.29 is 4.74 Å². The number of hydrogen-bond acceptors (Lipinski definition) is 2. The first-order chi connectivity index (χ1) is 8.70. The van der Waals surface area contributed by atoms with E-state index in [2.05, 4.69) is 17.2 Å². The number of halogens is 1. The molecule has 0 saturated heterocycles. The summed E-state index contributed by atoms with van der Waals surface area (Å²) in [5.41, 5.74) is 7.99. The Kier molecular flexibility index (Phi) is 6.57. The molecule has 1 saturated carbocycles. The summed E-state index contributed by atoms with van der Waals surface area (Å²) in [5, 5.41) is 3.16. The number of rotatable bonds is 4. The van der Waals surface area contributed by atoms with Crippen LogP contribution in [0.25, 0.3) is 0 Å². The summed E-state index contributed by atoms with van der Waals surface area (Å²) in [5.74, 6) is 1.15. The smallest absolute Gasteiger partial charge is 0.193 e. The van der Waals surface area contributed by atoms with E-state index in [1.807, 2.05) is 24.3 Å². The van der Waals surface area contributed by atoms with Gasteiger partial charge < -0.3 is 15.8 Å². The van der Waals surface area contributed by atoms with Gasteiger partial charge in [0.1, 0.15) is 0 Å². The highest BCUT2D eigenvalue weighted by Gasteiger charge is 2.26. The van der Waals surface area contributed by atoms with Crippen molar-refractivity contribution in [2.24, 2.45) is 16.6 Å². The fraction of sp³-hybridized carbons (Fsp3) is 0.500. The normalized spacial score (nSPS) is 22.3. The zero-order chi connectivity index (χ0) is 13.0. The number of nitrogens with zero attached hydrogens (tertiary/aromatic N) is 1. The summed E-state index contributed by atoms with van der Waals surface area (Å²) in [6, 6.07) is 8.35. The average molecular weight is 375 g/mol. The van der Waals surface area contributed by atoms with Crippen molar-refractivity contribution >= 4 is 35.6 Å². The van der Waals surface area contributed by atoms with Gasteiger partial charge in [-0.3, -0.25) is 0 Å². The van der Waals surface area contributed by atoms with E-state index < -0.39 is 0 Å². The molecule has 1 fully saturated rings. The first kappa shape index (κ1) is 16.2. The molecule has 0 spiro atoms. The Morgan fingerprint density at radius 2 is 2.16 bits per heavy atom. The third kappa shape index (κ3) is 4.35. The lowest BCUT2D eigenvalue weighted by molar-refractivity contribution is 0.185. The van der Waals surface area contributed by atoms with Gasteiger partial charge in [-0.05, 0) is 24.8 Å². The van der Waals surface area contributed by atoms with Gasteiger partial charge in [0.15, 0.2) is 5.96 Å². The Bertz CT molecular complexity index is 436. The number of ether oxygens (including phenoxy) is 1. The highest BCUT2D eigenvalue weighted by Crippen LogP contribution is 2.29. The first-order valence-electron chi connectivity index (χ1n) is 6.38. The molecule has 4 nitrogen and oxygen atoms in total. The van der Waals surface area contributed by atoms with Crippen LogP contribution in [0.2, 0.25) is 0 Å². The van der Waals surface area contributed by atoms with Crippen LogP contribution in [0.1, 0.15) is 25.3 Å². The van der Waals surface area contributed by atoms with Crippen molar-refractivity contribution in [2.45, 2.75) is 32.4 Å². The fourth-order valence-electron chi connectivity index (χ4n) is 2.11. The standard InChI is InChI=1S/C14H21N3O.HI/c1-10-7-8-12(10)16-14(15)17-13-6-4-3-5-11(13)9-18-2;/h3-6,10,12H,7-9H2,1-2H3,(H3,15,16,17);1H. The SMILES string of the molecule is COCc1ccccc1NC(N)=NC1CCC1C.I. The maximum absolute atomic E-state index is 5.94. The first-order valence-corrected chi connectivity index (χ1v) is 6.38. The molecule has 0 bridgehead atoms. The summed E-state index contributed by atoms with van der Waals surface area (Å²) in [6.45, 7) is 2.78. The van der Waals surface area contributed by atoms with E-state index in [0.29, 0.717) is 24.5 Å². The van der Waals surface area contributed by atoms with Crippen LogP contribution >= 0.6 is 24.0 Å². The maximum Gasteiger partial charge on any atom is 0.193 e. The van der Waals surface area contributed by atoms with E-state index >= 15 is 0 Å². The Hall–Kier alpha value is -0.820. The molecule has 0 amide bonds. The molecule has 0 aliphatic heterocycles. The highest BCUT2D eigenvalue weighted by atomic mass is 127. The predicted octanol–water partition coefficient (Wildman–Crippen LogP) is 2.98. The van der Waals surface area contributed by atoms with Gasteiger partial charge >= 0.3 is 0 Å². The molecule has 1 aliphatic rings. The van der Waals surface area contributed by atoms with E-state index in [4.69, 9.17) is 10.5 Å². The Morgan fingerprint density at radius 1 is 1.42 bits per heavy atom. The van der Waals surface area contributed by atoms with Crippen LogP contribution in [0.15, 0.2) is 29.3 Å². The van der Waals surface area contributed by atoms with E-state index in [9.17, 15) is 0 Å². The molecule has 106 valence electrons. The molecule has 0 radical (unpaired) electrons.